The number of hydrogen-bond acceptors (Lipinski definition) is 1. The lowest BCUT2D eigenvalue weighted by atomic mass is 9.78. The number of ether oxygens (including phenoxy) is 1. The minimum atomic E-state index is 0.570. The molecular weight excluding hydrogens is 220 g/mol. The summed E-state index contributed by atoms with van der Waals surface area (Å²) >= 11 is 0. The molecule has 1 aliphatic rings. The molecule has 92 valence electrons. The zero-order valence-electron chi connectivity index (χ0n) is 10.9. The van der Waals surface area contributed by atoms with Gasteiger partial charge in [0.15, 0.2) is 0 Å². The van der Waals surface area contributed by atoms with E-state index in [2.05, 4.69) is 56.3 Å². The first-order valence-electron chi connectivity index (χ1n) is 6.52. The van der Waals surface area contributed by atoms with Crippen LogP contribution in [0.15, 0.2) is 42.5 Å². The van der Waals surface area contributed by atoms with Gasteiger partial charge in [0.05, 0.1) is 6.61 Å². The van der Waals surface area contributed by atoms with Crippen LogP contribution < -0.4 is 4.74 Å². The molecule has 18 heavy (non-hydrogen) atoms. The average Bonchev–Trinajstić information content (AvgIpc) is 2.33. The Morgan fingerprint density at radius 3 is 2.44 bits per heavy atom. The van der Waals surface area contributed by atoms with E-state index < -0.39 is 0 Å². The molecule has 0 radical (unpaired) electrons. The van der Waals surface area contributed by atoms with Gasteiger partial charge in [0.2, 0.25) is 0 Å². The molecule has 0 spiro atoms. The zero-order chi connectivity index (χ0) is 12.5. The minimum absolute atomic E-state index is 0.570. The zero-order valence-corrected chi connectivity index (χ0v) is 10.9. The number of rotatable bonds is 3. The second-order valence-corrected chi connectivity index (χ2v) is 5.13. The second kappa shape index (κ2) is 4.49. The third-order valence-corrected chi connectivity index (χ3v) is 3.80. The van der Waals surface area contributed by atoms with E-state index in [1.165, 1.54) is 22.3 Å². The third-order valence-electron chi connectivity index (χ3n) is 3.80. The predicted octanol–water partition coefficient (Wildman–Crippen LogP) is 4.02. The molecule has 0 saturated heterocycles. The van der Waals surface area contributed by atoms with Crippen molar-refractivity contribution < 1.29 is 4.74 Å². The molecule has 1 aliphatic carbocycles. The van der Waals surface area contributed by atoms with Crippen LogP contribution in [0.1, 0.15) is 28.2 Å². The first-order chi connectivity index (χ1) is 8.75. The SMILES string of the molecule is Cc1cccc(C)c1OCC1Cc2ccccc21. The summed E-state index contributed by atoms with van der Waals surface area (Å²) in [6.45, 7) is 5.01. The molecule has 0 aliphatic heterocycles. The highest BCUT2D eigenvalue weighted by atomic mass is 16.5. The Morgan fingerprint density at radius 2 is 1.72 bits per heavy atom. The van der Waals surface area contributed by atoms with Crippen molar-refractivity contribution in [1.82, 2.24) is 0 Å². The van der Waals surface area contributed by atoms with Gasteiger partial charge in [-0.05, 0) is 42.5 Å². The fraction of sp³-hybridized carbons (Fsp3) is 0.294. The van der Waals surface area contributed by atoms with Crippen molar-refractivity contribution in [3.8, 4) is 5.75 Å². The molecule has 0 saturated carbocycles. The third kappa shape index (κ3) is 1.90. The number of benzene rings is 2. The first kappa shape index (κ1) is 11.3. The molecule has 1 unspecified atom stereocenters. The van der Waals surface area contributed by atoms with E-state index in [0.29, 0.717) is 5.92 Å². The summed E-state index contributed by atoms with van der Waals surface area (Å²) in [7, 11) is 0. The van der Waals surface area contributed by atoms with Gasteiger partial charge in [-0.1, -0.05) is 42.5 Å². The summed E-state index contributed by atoms with van der Waals surface area (Å²) < 4.78 is 6.03. The topological polar surface area (TPSA) is 9.23 Å². The fourth-order valence-electron chi connectivity index (χ4n) is 2.72. The predicted molar refractivity (Wildman–Crippen MR) is 74.3 cm³/mol. The van der Waals surface area contributed by atoms with Crippen molar-refractivity contribution in [1.29, 1.82) is 0 Å². The van der Waals surface area contributed by atoms with Crippen LogP contribution in [0.4, 0.5) is 0 Å². The van der Waals surface area contributed by atoms with Crippen molar-refractivity contribution in [2.24, 2.45) is 0 Å². The molecule has 0 bridgehead atoms. The lowest BCUT2D eigenvalue weighted by molar-refractivity contribution is 0.272. The molecule has 1 nitrogen and oxygen atoms in total. The standard InChI is InChI=1S/C17H18O/c1-12-6-5-7-13(2)17(12)18-11-15-10-14-8-3-4-9-16(14)15/h3-9,15H,10-11H2,1-2H3. The van der Waals surface area contributed by atoms with Crippen molar-refractivity contribution in [2.75, 3.05) is 6.61 Å². The first-order valence-corrected chi connectivity index (χ1v) is 6.52. The molecule has 0 aromatic heterocycles. The lowest BCUT2D eigenvalue weighted by Crippen LogP contribution is -2.23. The Hall–Kier alpha value is -1.76. The minimum Gasteiger partial charge on any atom is -0.492 e. The van der Waals surface area contributed by atoms with Gasteiger partial charge in [0.1, 0.15) is 5.75 Å². The van der Waals surface area contributed by atoms with Crippen LogP contribution in [0.2, 0.25) is 0 Å². The van der Waals surface area contributed by atoms with Crippen molar-refractivity contribution in [3.63, 3.8) is 0 Å². The van der Waals surface area contributed by atoms with E-state index in [-0.39, 0.29) is 0 Å². The Labute approximate surface area is 108 Å². The van der Waals surface area contributed by atoms with Crippen LogP contribution in [0.5, 0.6) is 5.75 Å². The largest absolute Gasteiger partial charge is 0.492 e. The Kier molecular flexibility index (Phi) is 2.83. The Bertz CT molecular complexity index is 551. The highest BCUT2D eigenvalue weighted by molar-refractivity contribution is 5.42. The van der Waals surface area contributed by atoms with Crippen LogP contribution in [0.25, 0.3) is 0 Å². The van der Waals surface area contributed by atoms with Gasteiger partial charge in [-0.2, -0.15) is 0 Å². The van der Waals surface area contributed by atoms with Gasteiger partial charge < -0.3 is 4.74 Å². The maximum absolute atomic E-state index is 6.03. The second-order valence-electron chi connectivity index (χ2n) is 5.13. The molecule has 0 fully saturated rings. The smallest absolute Gasteiger partial charge is 0.125 e. The summed E-state index contributed by atoms with van der Waals surface area (Å²) in [5.74, 6) is 1.63. The molecule has 0 N–H and O–H groups in total. The van der Waals surface area contributed by atoms with Crippen LogP contribution in [-0.4, -0.2) is 6.61 Å². The highest BCUT2D eigenvalue weighted by Crippen LogP contribution is 2.35. The van der Waals surface area contributed by atoms with Crippen molar-refractivity contribution in [2.45, 2.75) is 26.2 Å². The Balaban J connectivity index is 1.70. The number of fused-ring (bicyclic) bond motifs is 1. The normalized spacial score (nSPS) is 16.9. The molecule has 1 atom stereocenters. The van der Waals surface area contributed by atoms with Gasteiger partial charge in [0, 0.05) is 5.92 Å². The maximum Gasteiger partial charge on any atom is 0.125 e. The van der Waals surface area contributed by atoms with Crippen molar-refractivity contribution >= 4 is 0 Å². The van der Waals surface area contributed by atoms with E-state index in [4.69, 9.17) is 4.74 Å². The van der Waals surface area contributed by atoms with Crippen LogP contribution in [0, 0.1) is 13.8 Å². The quantitative estimate of drug-likeness (QED) is 0.784. The highest BCUT2D eigenvalue weighted by Gasteiger charge is 2.26. The van der Waals surface area contributed by atoms with Crippen LogP contribution in [-0.2, 0) is 6.42 Å². The molecular formula is C17H18O. The summed E-state index contributed by atoms with van der Waals surface area (Å²) in [5, 5.41) is 0. The number of hydrogen-bond donors (Lipinski definition) is 0. The van der Waals surface area contributed by atoms with Gasteiger partial charge in [0.25, 0.3) is 0 Å². The molecule has 2 aromatic carbocycles. The van der Waals surface area contributed by atoms with Gasteiger partial charge in [-0.25, -0.2) is 0 Å². The number of para-hydroxylation sites is 1. The molecule has 0 amide bonds. The maximum atomic E-state index is 6.03. The molecule has 3 rings (SSSR count). The van der Waals surface area contributed by atoms with E-state index >= 15 is 0 Å². The molecule has 2 aromatic rings. The monoisotopic (exact) mass is 238 g/mol. The summed E-state index contributed by atoms with van der Waals surface area (Å²) in [5.41, 5.74) is 5.39. The van der Waals surface area contributed by atoms with Crippen molar-refractivity contribution in [3.05, 3.63) is 64.7 Å². The van der Waals surface area contributed by atoms with E-state index in [1.807, 2.05) is 0 Å². The number of aryl methyl sites for hydroxylation is 2. The Morgan fingerprint density at radius 1 is 1.00 bits per heavy atom. The fourth-order valence-corrected chi connectivity index (χ4v) is 2.72. The summed E-state index contributed by atoms with van der Waals surface area (Å²) in [4.78, 5) is 0. The van der Waals surface area contributed by atoms with Gasteiger partial charge >= 0.3 is 0 Å². The lowest BCUT2D eigenvalue weighted by Gasteiger charge is -2.30. The van der Waals surface area contributed by atoms with E-state index in [1.54, 1.807) is 0 Å². The summed E-state index contributed by atoms with van der Waals surface area (Å²) in [6.07, 6.45) is 1.15. The van der Waals surface area contributed by atoms with Gasteiger partial charge in [-0.3, -0.25) is 0 Å². The van der Waals surface area contributed by atoms with E-state index in [9.17, 15) is 0 Å². The van der Waals surface area contributed by atoms with Gasteiger partial charge in [-0.15, -0.1) is 0 Å². The summed E-state index contributed by atoms with van der Waals surface area (Å²) in [6, 6.07) is 15.0. The molecule has 0 heterocycles. The van der Waals surface area contributed by atoms with Crippen LogP contribution in [0.3, 0.4) is 0 Å². The van der Waals surface area contributed by atoms with E-state index in [0.717, 1.165) is 18.8 Å². The average molecular weight is 238 g/mol. The molecule has 1 heteroatoms. The van der Waals surface area contributed by atoms with Crippen LogP contribution >= 0.6 is 0 Å².